The minimum absolute atomic E-state index is 0.0125. The molecule has 61 heavy (non-hydrogen) atoms. The number of nitrogens with one attached hydrogen (secondary N) is 2. The number of hydrogen-bond donors (Lipinski definition) is 2. The standard InChI is InChI=1S/C46H40N6O7S2/c1-56-35-20-18-30(19-21-35)27-59-44(55)40-37(58-26-31-22-24-47-25-23-31)29-60-43-39(42(54)52(40)43)49-41(53)38(51-57-2)36-28-61-45(48-36)50-46(32-12-6-3-7-13-32,33-14-8-4-9-15-33)34-16-10-5-11-17-34/h3-25,28,39,43H,26-27,29H2,1-2H3,(H,48,50)(H,49,53)/b51-38+/t39-,43-/m1/s1. The second-order valence-corrected chi connectivity index (χ2v) is 15.8. The molecule has 1 fully saturated rings. The van der Waals surface area contributed by atoms with Crippen molar-refractivity contribution < 1.29 is 33.4 Å². The summed E-state index contributed by atoms with van der Waals surface area (Å²) < 4.78 is 17.1. The van der Waals surface area contributed by atoms with Gasteiger partial charge in [0.05, 0.1) is 12.9 Å². The Morgan fingerprint density at radius 1 is 0.820 bits per heavy atom. The van der Waals surface area contributed by atoms with Crippen LogP contribution < -0.4 is 15.4 Å². The van der Waals surface area contributed by atoms with Gasteiger partial charge in [0.25, 0.3) is 11.8 Å². The van der Waals surface area contributed by atoms with Gasteiger partial charge in [-0.25, -0.2) is 9.78 Å². The number of methoxy groups -OCH3 is 1. The molecular formula is C46H40N6O7S2. The van der Waals surface area contributed by atoms with Gasteiger partial charge < -0.3 is 29.7 Å². The normalized spacial score (nSPS) is 16.2. The third-order valence-electron chi connectivity index (χ3n) is 10.2. The first-order valence-electron chi connectivity index (χ1n) is 19.2. The van der Waals surface area contributed by atoms with Gasteiger partial charge in [-0.3, -0.25) is 19.5 Å². The largest absolute Gasteiger partial charge is 0.497 e. The number of anilines is 1. The molecule has 2 amide bonds. The van der Waals surface area contributed by atoms with E-state index >= 15 is 0 Å². The molecule has 13 nitrogen and oxygen atoms in total. The smallest absolute Gasteiger partial charge is 0.358 e. The number of aromatic nitrogens is 2. The molecule has 0 saturated carbocycles. The van der Waals surface area contributed by atoms with Crippen LogP contribution in [0.25, 0.3) is 0 Å². The minimum atomic E-state index is -0.996. The Hall–Kier alpha value is -6.97. The summed E-state index contributed by atoms with van der Waals surface area (Å²) in [5, 5.41) is 12.2. The van der Waals surface area contributed by atoms with Gasteiger partial charge in [0.15, 0.2) is 16.5 Å². The summed E-state index contributed by atoms with van der Waals surface area (Å²) >= 11 is 2.66. The molecule has 15 heteroatoms. The lowest BCUT2D eigenvalue weighted by atomic mass is 9.77. The summed E-state index contributed by atoms with van der Waals surface area (Å²) in [5.74, 6) is -0.723. The Balaban J connectivity index is 1.03. The molecule has 2 atom stereocenters. The molecule has 4 aromatic carbocycles. The van der Waals surface area contributed by atoms with Crippen LogP contribution in [0.1, 0.15) is 33.5 Å². The molecule has 2 aliphatic rings. The quantitative estimate of drug-likeness (QED) is 0.0345. The number of oxime groups is 1. The third-order valence-corrected chi connectivity index (χ3v) is 12.2. The van der Waals surface area contributed by atoms with Crippen LogP contribution in [-0.4, -0.2) is 69.8 Å². The van der Waals surface area contributed by atoms with Crippen LogP contribution in [0.2, 0.25) is 0 Å². The van der Waals surface area contributed by atoms with Crippen molar-refractivity contribution in [1.29, 1.82) is 0 Å². The van der Waals surface area contributed by atoms with Crippen molar-refractivity contribution in [2.24, 2.45) is 5.16 Å². The number of nitrogens with zero attached hydrogens (tertiary/aromatic N) is 4. The number of thiazole rings is 1. The molecule has 8 rings (SSSR count). The molecule has 308 valence electrons. The number of ether oxygens (including phenoxy) is 3. The minimum Gasteiger partial charge on any atom is -0.497 e. The van der Waals surface area contributed by atoms with Crippen molar-refractivity contribution in [2.75, 3.05) is 25.3 Å². The average molecular weight is 853 g/mol. The van der Waals surface area contributed by atoms with E-state index in [0.717, 1.165) is 27.8 Å². The highest BCUT2D eigenvalue weighted by Crippen LogP contribution is 2.42. The van der Waals surface area contributed by atoms with Crippen LogP contribution >= 0.6 is 23.1 Å². The Bertz CT molecular complexity index is 2440. The maximum atomic E-state index is 14.1. The van der Waals surface area contributed by atoms with Gasteiger partial charge in [-0.15, -0.1) is 23.1 Å². The fourth-order valence-corrected chi connectivity index (χ4v) is 9.19. The second-order valence-electron chi connectivity index (χ2n) is 13.8. The van der Waals surface area contributed by atoms with Crippen LogP contribution in [0.4, 0.5) is 5.13 Å². The molecule has 2 N–H and O–H groups in total. The monoisotopic (exact) mass is 852 g/mol. The number of esters is 1. The van der Waals surface area contributed by atoms with E-state index in [2.05, 4.69) is 57.2 Å². The lowest BCUT2D eigenvalue weighted by Crippen LogP contribution is -2.71. The highest BCUT2D eigenvalue weighted by atomic mass is 32.2. The Kier molecular flexibility index (Phi) is 12.4. The summed E-state index contributed by atoms with van der Waals surface area (Å²) in [4.78, 5) is 57.2. The first-order chi connectivity index (χ1) is 29.9. The van der Waals surface area contributed by atoms with Gasteiger partial charge in [0.2, 0.25) is 0 Å². The van der Waals surface area contributed by atoms with Crippen molar-refractivity contribution in [2.45, 2.75) is 30.2 Å². The number of rotatable bonds is 16. The predicted molar refractivity (Wildman–Crippen MR) is 232 cm³/mol. The molecule has 0 radical (unpaired) electrons. The third kappa shape index (κ3) is 8.56. The van der Waals surface area contributed by atoms with Crippen LogP contribution in [0.15, 0.2) is 162 Å². The van der Waals surface area contributed by atoms with E-state index in [-0.39, 0.29) is 41.8 Å². The first-order valence-corrected chi connectivity index (χ1v) is 21.1. The number of carbonyl (C=O) groups excluding carboxylic acids is 3. The highest BCUT2D eigenvalue weighted by molar-refractivity contribution is 8.00. The van der Waals surface area contributed by atoms with Gasteiger partial charge in [-0.2, -0.15) is 0 Å². The zero-order valence-corrected chi connectivity index (χ0v) is 34.7. The Labute approximate surface area is 360 Å². The van der Waals surface area contributed by atoms with E-state index < -0.39 is 34.7 Å². The van der Waals surface area contributed by atoms with Crippen molar-refractivity contribution in [1.82, 2.24) is 20.2 Å². The number of carbonyl (C=O) groups is 3. The number of pyridine rings is 1. The van der Waals surface area contributed by atoms with E-state index in [1.165, 1.54) is 35.1 Å². The van der Waals surface area contributed by atoms with Crippen LogP contribution in [0.3, 0.4) is 0 Å². The fourth-order valence-electron chi connectivity index (χ4n) is 7.17. The van der Waals surface area contributed by atoms with E-state index in [9.17, 15) is 14.4 Å². The summed E-state index contributed by atoms with van der Waals surface area (Å²) in [6, 6.07) is 39.9. The summed E-state index contributed by atoms with van der Waals surface area (Å²) in [7, 11) is 2.90. The maximum absolute atomic E-state index is 14.1. The molecule has 1 saturated heterocycles. The predicted octanol–water partition coefficient (Wildman–Crippen LogP) is 6.87. The average Bonchev–Trinajstić information content (AvgIpc) is 3.79. The van der Waals surface area contributed by atoms with Gasteiger partial charge in [0, 0.05) is 17.8 Å². The number of fused-ring (bicyclic) bond motifs is 1. The van der Waals surface area contributed by atoms with E-state index in [0.29, 0.717) is 10.9 Å². The van der Waals surface area contributed by atoms with Crippen molar-refractivity contribution in [3.05, 3.63) is 190 Å². The second kappa shape index (κ2) is 18.5. The van der Waals surface area contributed by atoms with Crippen LogP contribution in [0.5, 0.6) is 5.75 Å². The van der Waals surface area contributed by atoms with Crippen molar-refractivity contribution in [3.8, 4) is 5.75 Å². The number of thioether (sulfide) groups is 1. The van der Waals surface area contributed by atoms with Crippen LogP contribution in [-0.2, 0) is 47.4 Å². The number of hydrogen-bond acceptors (Lipinski definition) is 13. The molecule has 0 spiro atoms. The van der Waals surface area contributed by atoms with E-state index in [1.54, 1.807) is 61.3 Å². The van der Waals surface area contributed by atoms with Gasteiger partial charge in [-0.05, 0) is 52.1 Å². The molecule has 2 aliphatic heterocycles. The number of benzene rings is 4. The SMILES string of the molecule is CO/N=C(/C(=O)N[C@@H]1C(=O)N2C(C(=O)OCc3ccc(OC)cc3)=C(OCc3ccncc3)CS[C@H]12)c1csc(NC(c2ccccc2)(c2ccccc2)c2ccccc2)n1. The van der Waals surface area contributed by atoms with Gasteiger partial charge in [-0.1, -0.05) is 108 Å². The fraction of sp³-hybridized carbons (Fsp3) is 0.174. The number of amides is 2. The first kappa shape index (κ1) is 40.8. The van der Waals surface area contributed by atoms with Gasteiger partial charge in [0.1, 0.15) is 54.5 Å². The Morgan fingerprint density at radius 2 is 1.43 bits per heavy atom. The number of β-lactam (4-membered cyclic amide) rings is 1. The molecule has 2 aromatic heterocycles. The van der Waals surface area contributed by atoms with Crippen molar-refractivity contribution >= 4 is 51.7 Å². The van der Waals surface area contributed by atoms with Gasteiger partial charge >= 0.3 is 5.97 Å². The molecular weight excluding hydrogens is 813 g/mol. The molecule has 4 heterocycles. The summed E-state index contributed by atoms with van der Waals surface area (Å²) in [6.07, 6.45) is 3.29. The zero-order chi connectivity index (χ0) is 42.2. The summed E-state index contributed by atoms with van der Waals surface area (Å²) in [6.45, 7) is 0.0967. The maximum Gasteiger partial charge on any atom is 0.358 e. The lowest BCUT2D eigenvalue weighted by molar-refractivity contribution is -0.153. The van der Waals surface area contributed by atoms with E-state index in [4.69, 9.17) is 24.0 Å². The topological polar surface area (TPSA) is 154 Å². The zero-order valence-electron chi connectivity index (χ0n) is 33.1. The molecule has 0 unspecified atom stereocenters. The van der Waals surface area contributed by atoms with E-state index in [1.807, 2.05) is 54.6 Å². The molecule has 0 bridgehead atoms. The molecule has 6 aromatic rings. The highest BCUT2D eigenvalue weighted by Gasteiger charge is 2.55. The van der Waals surface area contributed by atoms with Crippen molar-refractivity contribution in [3.63, 3.8) is 0 Å². The molecule has 0 aliphatic carbocycles. The Morgan fingerprint density at radius 3 is 2.02 bits per heavy atom. The summed E-state index contributed by atoms with van der Waals surface area (Å²) in [5.41, 5.74) is 3.75. The lowest BCUT2D eigenvalue weighted by Gasteiger charge is -2.49. The van der Waals surface area contributed by atoms with Crippen LogP contribution in [0, 0.1) is 0 Å².